The summed E-state index contributed by atoms with van der Waals surface area (Å²) in [7, 11) is 0. The van der Waals surface area contributed by atoms with Crippen molar-refractivity contribution in [2.24, 2.45) is 0 Å². The summed E-state index contributed by atoms with van der Waals surface area (Å²) >= 11 is 5.33. The number of rotatable bonds is 1. The second-order valence-corrected chi connectivity index (χ2v) is 1.73. The molecule has 1 aliphatic heterocycles. The van der Waals surface area contributed by atoms with Crippen molar-refractivity contribution in [2.45, 2.75) is 0 Å². The maximum Gasteiger partial charge on any atom is 0.335 e. The third kappa shape index (κ3) is 0.842. The molecule has 0 unspecified atom stereocenters. The van der Waals surface area contributed by atoms with Crippen molar-refractivity contribution >= 4 is 17.6 Å². The maximum atomic E-state index is 10.4. The van der Waals surface area contributed by atoms with Gasteiger partial charge in [0.05, 0.1) is 11.5 Å². The van der Waals surface area contributed by atoms with Crippen LogP contribution < -0.4 is 0 Å². The van der Waals surface area contributed by atoms with E-state index in [0.29, 0.717) is 12.2 Å². The fourth-order valence-electron chi connectivity index (χ4n) is 0.503. The van der Waals surface area contributed by atoms with Gasteiger partial charge in [-0.05, 0) is 6.08 Å². The van der Waals surface area contributed by atoms with Crippen LogP contribution in [0.25, 0.3) is 0 Å². The third-order valence-electron chi connectivity index (χ3n) is 0.950. The van der Waals surface area contributed by atoms with E-state index in [0.717, 1.165) is 0 Å². The van der Waals surface area contributed by atoms with Crippen molar-refractivity contribution in [2.75, 3.05) is 12.5 Å². The topological polar surface area (TPSA) is 26.3 Å². The van der Waals surface area contributed by atoms with Crippen LogP contribution in [0.15, 0.2) is 11.6 Å². The molecule has 0 fully saturated rings. The summed E-state index contributed by atoms with van der Waals surface area (Å²) in [6, 6.07) is 0. The van der Waals surface area contributed by atoms with Crippen LogP contribution in [0.2, 0.25) is 0 Å². The number of esters is 1. The van der Waals surface area contributed by atoms with Gasteiger partial charge < -0.3 is 4.74 Å². The number of alkyl halides is 1. The van der Waals surface area contributed by atoms with Gasteiger partial charge in [-0.2, -0.15) is 0 Å². The van der Waals surface area contributed by atoms with Crippen LogP contribution in [0.3, 0.4) is 0 Å². The molecule has 0 aromatic rings. The lowest BCUT2D eigenvalue weighted by molar-refractivity contribution is -0.135. The minimum absolute atomic E-state index is 0.263. The van der Waals surface area contributed by atoms with Gasteiger partial charge in [-0.15, -0.1) is 11.6 Å². The molecule has 0 aromatic heterocycles. The smallest absolute Gasteiger partial charge is 0.335 e. The molecule has 0 amide bonds. The molecule has 1 aliphatic rings. The van der Waals surface area contributed by atoms with Gasteiger partial charge in [0.1, 0.15) is 6.61 Å². The Balaban J connectivity index is 2.62. The molecule has 1 rings (SSSR count). The highest BCUT2D eigenvalue weighted by Crippen LogP contribution is 2.06. The van der Waals surface area contributed by atoms with E-state index in [2.05, 4.69) is 4.74 Å². The average Bonchev–Trinajstić information content (AvgIpc) is 2.14. The predicted molar refractivity (Wildman–Crippen MR) is 29.8 cm³/mol. The molecule has 0 saturated carbocycles. The molecule has 0 spiro atoms. The molecule has 8 heavy (non-hydrogen) atoms. The van der Waals surface area contributed by atoms with Gasteiger partial charge in [0.2, 0.25) is 0 Å². The number of ether oxygens (including phenoxy) is 1. The quantitative estimate of drug-likeness (QED) is 0.388. The lowest BCUT2D eigenvalue weighted by Gasteiger charge is -1.88. The first-order valence-corrected chi connectivity index (χ1v) is 2.80. The molecular formula is C5H5ClO2. The van der Waals surface area contributed by atoms with Gasteiger partial charge in [-0.25, -0.2) is 4.79 Å². The molecule has 3 heteroatoms. The van der Waals surface area contributed by atoms with Crippen molar-refractivity contribution in [3.63, 3.8) is 0 Å². The molecule has 0 radical (unpaired) electrons. The van der Waals surface area contributed by atoms with Crippen LogP contribution in [-0.2, 0) is 9.53 Å². The van der Waals surface area contributed by atoms with Crippen molar-refractivity contribution in [3.8, 4) is 0 Å². The third-order valence-corrected chi connectivity index (χ3v) is 1.24. The Morgan fingerprint density at radius 2 is 2.62 bits per heavy atom. The molecule has 44 valence electrons. The van der Waals surface area contributed by atoms with Gasteiger partial charge in [-0.1, -0.05) is 0 Å². The summed E-state index contributed by atoms with van der Waals surface area (Å²) in [5.74, 6) is -0.0150. The molecular weight excluding hydrogens is 128 g/mol. The number of hydrogen-bond acceptors (Lipinski definition) is 2. The van der Waals surface area contributed by atoms with Gasteiger partial charge in [0.25, 0.3) is 0 Å². The van der Waals surface area contributed by atoms with Gasteiger partial charge in [-0.3, -0.25) is 0 Å². The van der Waals surface area contributed by atoms with E-state index in [1.807, 2.05) is 0 Å². The summed E-state index contributed by atoms with van der Waals surface area (Å²) in [4.78, 5) is 10.4. The minimum atomic E-state index is -0.278. The van der Waals surface area contributed by atoms with Crippen molar-refractivity contribution in [3.05, 3.63) is 11.6 Å². The fourth-order valence-corrected chi connectivity index (χ4v) is 0.721. The van der Waals surface area contributed by atoms with E-state index in [4.69, 9.17) is 11.6 Å². The highest BCUT2D eigenvalue weighted by atomic mass is 35.5. The zero-order valence-corrected chi connectivity index (χ0v) is 4.94. The van der Waals surface area contributed by atoms with Gasteiger partial charge >= 0.3 is 5.97 Å². The largest absolute Gasteiger partial charge is 0.458 e. The maximum absolute atomic E-state index is 10.4. The van der Waals surface area contributed by atoms with Crippen LogP contribution in [0.4, 0.5) is 0 Å². The molecule has 0 saturated heterocycles. The zero-order chi connectivity index (χ0) is 5.98. The Kier molecular flexibility index (Phi) is 1.53. The summed E-state index contributed by atoms with van der Waals surface area (Å²) in [5, 5.41) is 0. The van der Waals surface area contributed by atoms with Crippen molar-refractivity contribution in [1.29, 1.82) is 0 Å². The Labute approximate surface area is 52.1 Å². The van der Waals surface area contributed by atoms with E-state index in [1.165, 1.54) is 0 Å². The molecule has 0 bridgehead atoms. The number of cyclic esters (lactones) is 1. The Bertz CT molecular complexity index is 139. The molecule has 0 aromatic carbocycles. The number of hydrogen-bond donors (Lipinski definition) is 0. The first-order valence-electron chi connectivity index (χ1n) is 2.26. The van der Waals surface area contributed by atoms with Gasteiger partial charge in [0, 0.05) is 0 Å². The van der Waals surface area contributed by atoms with E-state index >= 15 is 0 Å². The monoisotopic (exact) mass is 132 g/mol. The minimum Gasteiger partial charge on any atom is -0.458 e. The van der Waals surface area contributed by atoms with Crippen LogP contribution in [0.5, 0.6) is 0 Å². The lowest BCUT2D eigenvalue weighted by atomic mass is 10.3. The molecule has 0 atom stereocenters. The van der Waals surface area contributed by atoms with Crippen LogP contribution in [-0.4, -0.2) is 18.5 Å². The van der Waals surface area contributed by atoms with Crippen LogP contribution in [0, 0.1) is 0 Å². The second kappa shape index (κ2) is 2.18. The molecule has 2 nitrogen and oxygen atoms in total. The number of carbonyl (C=O) groups is 1. The van der Waals surface area contributed by atoms with E-state index in [1.54, 1.807) is 6.08 Å². The normalized spacial score (nSPS) is 18.1. The Morgan fingerprint density at radius 3 is 2.88 bits per heavy atom. The molecule has 1 heterocycles. The van der Waals surface area contributed by atoms with Crippen molar-refractivity contribution < 1.29 is 9.53 Å². The zero-order valence-electron chi connectivity index (χ0n) is 4.19. The summed E-state index contributed by atoms with van der Waals surface area (Å²) in [6.45, 7) is 0.390. The summed E-state index contributed by atoms with van der Waals surface area (Å²) < 4.78 is 4.54. The first-order chi connectivity index (χ1) is 3.84. The summed E-state index contributed by atoms with van der Waals surface area (Å²) in [6.07, 6.45) is 1.69. The van der Waals surface area contributed by atoms with Crippen LogP contribution >= 0.6 is 11.6 Å². The first kappa shape index (κ1) is 5.63. The number of carbonyl (C=O) groups excluding carboxylic acids is 1. The highest BCUT2D eigenvalue weighted by Gasteiger charge is 2.13. The Morgan fingerprint density at radius 1 is 1.88 bits per heavy atom. The number of halogens is 1. The average molecular weight is 133 g/mol. The molecule has 0 N–H and O–H groups in total. The van der Waals surface area contributed by atoms with E-state index in [9.17, 15) is 4.79 Å². The van der Waals surface area contributed by atoms with E-state index in [-0.39, 0.29) is 11.8 Å². The Hall–Kier alpha value is -0.500. The SMILES string of the molecule is O=C1OCC=C1CCl. The van der Waals surface area contributed by atoms with E-state index < -0.39 is 0 Å². The predicted octanol–water partition coefficient (Wildman–Crippen LogP) is 0.708. The van der Waals surface area contributed by atoms with Crippen LogP contribution in [0.1, 0.15) is 0 Å². The summed E-state index contributed by atoms with van der Waals surface area (Å²) in [5.41, 5.74) is 0.576. The van der Waals surface area contributed by atoms with Crippen molar-refractivity contribution in [1.82, 2.24) is 0 Å². The fraction of sp³-hybridized carbons (Fsp3) is 0.400. The second-order valence-electron chi connectivity index (χ2n) is 1.46. The highest BCUT2D eigenvalue weighted by molar-refractivity contribution is 6.22. The lowest BCUT2D eigenvalue weighted by Crippen LogP contribution is -1.99. The van der Waals surface area contributed by atoms with Gasteiger partial charge in [0.15, 0.2) is 0 Å². The molecule has 0 aliphatic carbocycles. The standard InChI is InChI=1S/C5H5ClO2/c6-3-4-1-2-8-5(4)7/h1H,2-3H2.